The number of carbonyl (C=O) groups is 13. The standard InChI is InChI=1S/C63H98N18O13S/c1-37(2)33-45(57(89)74-41(53(68)85)27-32-95-3)73-52(84)36-72-54(86)46(34-38-15-6-4-7-16-38)78-58(90)47(35-39-17-8-5-9-18-39)79-56(88)42(23-25-50(66)82)75-55(87)43(24-26-51(67)83)76-59(91)49-22-14-31-81(49)62(94)44(20-10-11-28-64)77-60(92)48-21-13-30-80(48)61(93)40(65)19-12-29-71-63(69)70/h4-9,15-18,37,40-49H,10-14,19-36,64-65H2,1-3H3,(H2,66,82)(H2,67,83)(H2,68,85)(H,72,86)(H,73,84)(H,74,89)(H,75,87)(H,76,91)(H,77,92)(H,78,90)(H,79,88)(H4,69,70,71)/t40-,41+,42-,43-,44-,45+,46+,47+,48-,49-/m1/s1. The van der Waals surface area contributed by atoms with Gasteiger partial charge in [0.15, 0.2) is 5.96 Å². The summed E-state index contributed by atoms with van der Waals surface area (Å²) in [6.07, 6.45) is 3.12. The first-order valence-electron chi connectivity index (χ1n) is 32.2. The van der Waals surface area contributed by atoms with Gasteiger partial charge in [-0.05, 0) is 119 Å². The van der Waals surface area contributed by atoms with E-state index in [1.54, 1.807) is 60.7 Å². The molecule has 0 saturated carbocycles. The fraction of sp³-hybridized carbons (Fsp3) is 0.587. The Morgan fingerprint density at radius 1 is 0.537 bits per heavy atom. The van der Waals surface area contributed by atoms with Crippen molar-refractivity contribution in [1.82, 2.24) is 52.3 Å². The fourth-order valence-electron chi connectivity index (χ4n) is 11.0. The molecule has 95 heavy (non-hydrogen) atoms. The summed E-state index contributed by atoms with van der Waals surface area (Å²) in [5.41, 5.74) is 40.6. The maximum absolute atomic E-state index is 14.7. The molecule has 22 N–H and O–H groups in total. The number of nitrogens with one attached hydrogen (secondary N) is 8. The first kappa shape index (κ1) is 78.5. The second kappa shape index (κ2) is 41.0. The number of guanidine groups is 1. The van der Waals surface area contributed by atoms with Crippen molar-refractivity contribution >= 4 is 94.5 Å². The number of benzene rings is 2. The zero-order valence-corrected chi connectivity index (χ0v) is 55.3. The summed E-state index contributed by atoms with van der Waals surface area (Å²) in [4.78, 5) is 185. The molecule has 31 nitrogen and oxygen atoms in total. The maximum Gasteiger partial charge on any atom is 0.245 e. The molecule has 2 aromatic carbocycles. The Morgan fingerprint density at radius 2 is 1.01 bits per heavy atom. The lowest BCUT2D eigenvalue weighted by molar-refractivity contribution is -0.144. The number of carbonyl (C=O) groups excluding carboxylic acids is 13. The minimum atomic E-state index is -1.64. The third-order valence-electron chi connectivity index (χ3n) is 16.0. The van der Waals surface area contributed by atoms with E-state index < -0.39 is 169 Å². The van der Waals surface area contributed by atoms with Gasteiger partial charge in [0.05, 0.1) is 12.6 Å². The van der Waals surface area contributed by atoms with Crippen LogP contribution in [-0.2, 0) is 75.2 Å². The van der Waals surface area contributed by atoms with Crippen molar-refractivity contribution in [3.8, 4) is 0 Å². The minimum Gasteiger partial charge on any atom is -0.370 e. The third-order valence-corrected chi connectivity index (χ3v) is 16.7. The summed E-state index contributed by atoms with van der Waals surface area (Å²) in [5, 5.41) is 21.1. The monoisotopic (exact) mass is 1350 g/mol. The molecule has 2 saturated heterocycles. The molecule has 2 fully saturated rings. The highest BCUT2D eigenvalue weighted by Gasteiger charge is 2.42. The second-order valence-electron chi connectivity index (χ2n) is 24.1. The van der Waals surface area contributed by atoms with Gasteiger partial charge >= 0.3 is 0 Å². The van der Waals surface area contributed by atoms with Crippen molar-refractivity contribution in [2.45, 2.75) is 183 Å². The van der Waals surface area contributed by atoms with Gasteiger partial charge in [-0.15, -0.1) is 0 Å². The average molecular weight is 1350 g/mol. The Hall–Kier alpha value is -8.91. The van der Waals surface area contributed by atoms with Gasteiger partial charge in [-0.2, -0.15) is 11.8 Å². The molecule has 0 spiro atoms. The van der Waals surface area contributed by atoms with E-state index in [9.17, 15) is 62.3 Å². The van der Waals surface area contributed by atoms with Crippen LogP contribution in [0.1, 0.15) is 121 Å². The van der Waals surface area contributed by atoms with Gasteiger partial charge in [0, 0.05) is 45.3 Å². The smallest absolute Gasteiger partial charge is 0.245 e. The van der Waals surface area contributed by atoms with E-state index >= 15 is 0 Å². The molecule has 2 aromatic rings. The van der Waals surface area contributed by atoms with E-state index in [2.05, 4.69) is 47.5 Å². The number of aliphatic imine (C=N–C) groups is 1. The molecule has 0 unspecified atom stereocenters. The highest BCUT2D eigenvalue weighted by molar-refractivity contribution is 7.98. The lowest BCUT2D eigenvalue weighted by Gasteiger charge is -2.32. The van der Waals surface area contributed by atoms with E-state index in [1.165, 1.54) is 21.6 Å². The molecule has 0 bridgehead atoms. The number of amides is 13. The van der Waals surface area contributed by atoms with Crippen molar-refractivity contribution in [2.75, 3.05) is 44.7 Å². The summed E-state index contributed by atoms with van der Waals surface area (Å²) in [6.45, 7) is 3.86. The number of likely N-dealkylation sites (tertiary alicyclic amines) is 2. The summed E-state index contributed by atoms with van der Waals surface area (Å²) >= 11 is 1.45. The van der Waals surface area contributed by atoms with E-state index in [-0.39, 0.29) is 83.0 Å². The number of hydrogen-bond donors (Lipinski definition) is 15. The molecule has 32 heteroatoms. The molecule has 4 rings (SSSR count). The summed E-state index contributed by atoms with van der Waals surface area (Å²) in [5.74, 6) is -9.80. The van der Waals surface area contributed by atoms with E-state index in [1.807, 2.05) is 20.1 Å². The van der Waals surface area contributed by atoms with Gasteiger partial charge in [-0.1, -0.05) is 74.5 Å². The van der Waals surface area contributed by atoms with Crippen LogP contribution >= 0.6 is 11.8 Å². The van der Waals surface area contributed by atoms with Gasteiger partial charge in [0.25, 0.3) is 0 Å². The number of rotatable bonds is 42. The quantitative estimate of drug-likeness (QED) is 0.0173. The Balaban J connectivity index is 1.56. The highest BCUT2D eigenvalue weighted by Crippen LogP contribution is 2.24. The van der Waals surface area contributed by atoms with E-state index in [0.717, 1.165) is 0 Å². The second-order valence-corrected chi connectivity index (χ2v) is 25.1. The van der Waals surface area contributed by atoms with Crippen LogP contribution in [-0.4, -0.2) is 198 Å². The van der Waals surface area contributed by atoms with Gasteiger partial charge in [0.1, 0.15) is 54.4 Å². The van der Waals surface area contributed by atoms with Crippen LogP contribution in [0.3, 0.4) is 0 Å². The van der Waals surface area contributed by atoms with Crippen molar-refractivity contribution in [1.29, 1.82) is 0 Å². The molecule has 2 aliphatic rings. The maximum atomic E-state index is 14.7. The van der Waals surface area contributed by atoms with Gasteiger partial charge in [-0.25, -0.2) is 0 Å². The number of nitrogens with two attached hydrogens (primary N) is 7. The zero-order chi connectivity index (χ0) is 70.1. The molecule has 524 valence electrons. The number of primary amides is 3. The zero-order valence-electron chi connectivity index (χ0n) is 54.5. The first-order valence-corrected chi connectivity index (χ1v) is 33.6. The molecule has 2 heterocycles. The van der Waals surface area contributed by atoms with E-state index in [4.69, 9.17) is 40.1 Å². The fourth-order valence-corrected chi connectivity index (χ4v) is 11.5. The molecule has 2 aliphatic heterocycles. The highest BCUT2D eigenvalue weighted by atomic mass is 32.2. The molecule has 13 amide bonds. The van der Waals surface area contributed by atoms with Crippen LogP contribution in [0.2, 0.25) is 0 Å². The van der Waals surface area contributed by atoms with Crippen molar-refractivity contribution in [2.24, 2.45) is 51.0 Å². The Bertz CT molecular complexity index is 2960. The summed E-state index contributed by atoms with van der Waals surface area (Å²) in [7, 11) is 0. The van der Waals surface area contributed by atoms with Gasteiger partial charge in [-0.3, -0.25) is 67.3 Å². The topological polar surface area (TPSA) is 519 Å². The lowest BCUT2D eigenvalue weighted by Crippen LogP contribution is -2.60. The van der Waals surface area contributed by atoms with Crippen LogP contribution in [0.4, 0.5) is 0 Å². The number of nitrogens with zero attached hydrogens (tertiary/aromatic N) is 3. The van der Waals surface area contributed by atoms with Crippen molar-refractivity contribution in [3.63, 3.8) is 0 Å². The molecule has 0 aliphatic carbocycles. The molecular weight excluding hydrogens is 1250 g/mol. The SMILES string of the molecule is CSCC[C@H](NC(=O)[C@H](CC(C)C)NC(=O)CNC(=O)[C@H](Cc1ccccc1)NC(=O)[C@H](Cc1ccccc1)NC(=O)[C@@H](CCC(N)=O)NC(=O)[C@@H](CCC(N)=O)NC(=O)[C@H]1CCCN1C(=O)[C@@H](CCCCN)NC(=O)[C@H]1CCCN1C(=O)[C@H](N)CCCN=C(N)N)C(N)=O. The number of unbranched alkanes of at least 4 members (excludes halogenated alkanes) is 1. The predicted octanol–water partition coefficient (Wildman–Crippen LogP) is -3.71. The number of hydrogen-bond acceptors (Lipinski definition) is 17. The van der Waals surface area contributed by atoms with Crippen LogP contribution < -0.4 is 82.7 Å². The average Bonchev–Trinajstić information content (AvgIpc) is 1.74. The lowest BCUT2D eigenvalue weighted by atomic mass is 10.0. The Labute approximate surface area is 558 Å². The van der Waals surface area contributed by atoms with Crippen molar-refractivity contribution in [3.05, 3.63) is 71.8 Å². The Morgan fingerprint density at radius 3 is 1.51 bits per heavy atom. The van der Waals surface area contributed by atoms with Gasteiger partial charge in [0.2, 0.25) is 76.8 Å². The summed E-state index contributed by atoms with van der Waals surface area (Å²) < 4.78 is 0. The van der Waals surface area contributed by atoms with Crippen LogP contribution in [0.5, 0.6) is 0 Å². The Kier molecular flexibility index (Phi) is 33.9. The third kappa shape index (κ3) is 27.5. The molecule has 0 radical (unpaired) electrons. The normalized spacial score (nSPS) is 16.8. The van der Waals surface area contributed by atoms with Crippen molar-refractivity contribution < 1.29 is 62.3 Å². The predicted molar refractivity (Wildman–Crippen MR) is 356 cm³/mol. The molecular formula is C63H98N18O13S. The van der Waals surface area contributed by atoms with Gasteiger partial charge < -0.3 is 92.5 Å². The first-order chi connectivity index (χ1) is 45.2. The largest absolute Gasteiger partial charge is 0.370 e. The molecule has 0 aromatic heterocycles. The number of thioether (sulfide) groups is 1. The summed E-state index contributed by atoms with van der Waals surface area (Å²) in [6, 6.07) is 4.51. The van der Waals surface area contributed by atoms with Crippen LogP contribution in [0, 0.1) is 5.92 Å². The minimum absolute atomic E-state index is 0.0736. The van der Waals surface area contributed by atoms with Crippen LogP contribution in [0.25, 0.3) is 0 Å². The van der Waals surface area contributed by atoms with E-state index in [0.29, 0.717) is 55.4 Å². The molecule has 10 atom stereocenters. The van der Waals surface area contributed by atoms with Crippen LogP contribution in [0.15, 0.2) is 65.7 Å².